The fourth-order valence-corrected chi connectivity index (χ4v) is 5.98. The van der Waals surface area contributed by atoms with Crippen LogP contribution >= 0.6 is 0 Å². The summed E-state index contributed by atoms with van der Waals surface area (Å²) in [4.78, 5) is 30.3. The van der Waals surface area contributed by atoms with Crippen LogP contribution in [0, 0.1) is 5.82 Å². The van der Waals surface area contributed by atoms with E-state index in [4.69, 9.17) is 0 Å². The fourth-order valence-electron chi connectivity index (χ4n) is 5.98. The Labute approximate surface area is 248 Å². The van der Waals surface area contributed by atoms with Crippen molar-refractivity contribution in [3.8, 4) is 0 Å². The molecular weight excluding hydrogens is 523 g/mol. The number of rotatable bonds is 11. The van der Waals surface area contributed by atoms with E-state index in [1.165, 1.54) is 18.6 Å². The largest absolute Gasteiger partial charge is 0.352 e. The van der Waals surface area contributed by atoms with Crippen LogP contribution in [-0.4, -0.2) is 28.8 Å². The van der Waals surface area contributed by atoms with Gasteiger partial charge in [-0.15, -0.1) is 0 Å². The number of hydrogen-bond acceptors (Lipinski definition) is 2. The molecule has 0 aliphatic heterocycles. The second-order valence-electron chi connectivity index (χ2n) is 11.3. The van der Waals surface area contributed by atoms with Crippen molar-refractivity contribution in [3.05, 3.63) is 143 Å². The second-order valence-corrected chi connectivity index (χ2v) is 11.3. The molecule has 4 aromatic rings. The van der Waals surface area contributed by atoms with Gasteiger partial charge in [0.05, 0.1) is 0 Å². The molecule has 0 unspecified atom stereocenters. The highest BCUT2D eigenvalue weighted by Gasteiger charge is 2.33. The molecule has 0 heterocycles. The summed E-state index contributed by atoms with van der Waals surface area (Å²) in [7, 11) is 0. The molecule has 0 radical (unpaired) electrons. The minimum absolute atomic E-state index is 0.114. The standard InChI is InChI=1S/C37H39FN2O2/c38-32-23-21-29(22-24-32)27-40(36(41)26-34(30-15-7-2-8-16-30)31-17-9-3-10-18-31)35(25-28-13-5-1-6-14-28)37(42)39-33-19-11-4-12-20-33/h1-3,5-10,13-18,21-24,33-35H,4,11-12,19-20,25-27H2,(H,39,42)/t35-/m0/s1. The van der Waals surface area contributed by atoms with Crippen LogP contribution in [0.25, 0.3) is 0 Å². The number of nitrogens with one attached hydrogen (secondary N) is 1. The summed E-state index contributed by atoms with van der Waals surface area (Å²) in [5.74, 6) is -0.746. The van der Waals surface area contributed by atoms with Crippen molar-refractivity contribution in [3.63, 3.8) is 0 Å². The maximum atomic E-state index is 14.5. The van der Waals surface area contributed by atoms with Gasteiger partial charge in [0.1, 0.15) is 11.9 Å². The highest BCUT2D eigenvalue weighted by atomic mass is 19.1. The SMILES string of the molecule is O=C(NC1CCCCC1)[C@H](Cc1ccccc1)N(Cc1ccc(F)cc1)C(=O)CC(c1ccccc1)c1ccccc1. The lowest BCUT2D eigenvalue weighted by atomic mass is 9.87. The zero-order valence-electron chi connectivity index (χ0n) is 24.0. The maximum Gasteiger partial charge on any atom is 0.243 e. The summed E-state index contributed by atoms with van der Waals surface area (Å²) in [6, 6.07) is 35.6. The highest BCUT2D eigenvalue weighted by molar-refractivity contribution is 5.88. The minimum Gasteiger partial charge on any atom is -0.352 e. The van der Waals surface area contributed by atoms with Crippen molar-refractivity contribution in [2.45, 2.75) is 69.5 Å². The van der Waals surface area contributed by atoms with Crippen LogP contribution in [0.3, 0.4) is 0 Å². The Morgan fingerprint density at radius 1 is 0.714 bits per heavy atom. The molecule has 216 valence electrons. The van der Waals surface area contributed by atoms with Gasteiger partial charge in [-0.1, -0.05) is 122 Å². The third-order valence-electron chi connectivity index (χ3n) is 8.27. The van der Waals surface area contributed by atoms with E-state index in [9.17, 15) is 14.0 Å². The first-order chi connectivity index (χ1) is 20.6. The van der Waals surface area contributed by atoms with Gasteiger partial charge in [-0.3, -0.25) is 9.59 Å². The average Bonchev–Trinajstić information content (AvgIpc) is 3.04. The second kappa shape index (κ2) is 14.6. The van der Waals surface area contributed by atoms with Gasteiger partial charge >= 0.3 is 0 Å². The van der Waals surface area contributed by atoms with E-state index in [-0.39, 0.29) is 42.6 Å². The molecule has 1 saturated carbocycles. The number of amides is 2. The molecule has 0 bridgehead atoms. The molecule has 1 N–H and O–H groups in total. The highest BCUT2D eigenvalue weighted by Crippen LogP contribution is 2.30. The van der Waals surface area contributed by atoms with Crippen molar-refractivity contribution >= 4 is 11.8 Å². The summed E-state index contributed by atoms with van der Waals surface area (Å²) >= 11 is 0. The van der Waals surface area contributed by atoms with Crippen LogP contribution in [0.5, 0.6) is 0 Å². The topological polar surface area (TPSA) is 49.4 Å². The molecule has 1 aliphatic carbocycles. The first kappa shape index (κ1) is 29.2. The van der Waals surface area contributed by atoms with Gasteiger partial charge in [0.25, 0.3) is 0 Å². The predicted octanol–water partition coefficient (Wildman–Crippen LogP) is 7.44. The molecule has 0 aromatic heterocycles. The van der Waals surface area contributed by atoms with Gasteiger partial charge in [0, 0.05) is 31.3 Å². The first-order valence-corrected chi connectivity index (χ1v) is 15.0. The Morgan fingerprint density at radius 2 is 1.26 bits per heavy atom. The van der Waals surface area contributed by atoms with Crippen molar-refractivity contribution in [2.24, 2.45) is 0 Å². The summed E-state index contributed by atoms with van der Waals surface area (Å²) in [5.41, 5.74) is 3.86. The Balaban J connectivity index is 1.50. The summed E-state index contributed by atoms with van der Waals surface area (Å²) in [6.07, 6.45) is 5.91. The van der Waals surface area contributed by atoms with Gasteiger partial charge < -0.3 is 10.2 Å². The quantitative estimate of drug-likeness (QED) is 0.207. The molecule has 0 spiro atoms. The number of carbonyl (C=O) groups is 2. The van der Waals surface area contributed by atoms with E-state index in [0.29, 0.717) is 6.42 Å². The lowest BCUT2D eigenvalue weighted by Gasteiger charge is -2.34. The van der Waals surface area contributed by atoms with Crippen molar-refractivity contribution < 1.29 is 14.0 Å². The molecule has 5 heteroatoms. The number of nitrogens with zero attached hydrogens (tertiary/aromatic N) is 1. The Kier molecular flexibility index (Phi) is 10.2. The van der Waals surface area contributed by atoms with E-state index in [0.717, 1.165) is 47.9 Å². The summed E-state index contributed by atoms with van der Waals surface area (Å²) in [5, 5.41) is 3.29. The lowest BCUT2D eigenvalue weighted by molar-refractivity contribution is -0.141. The van der Waals surface area contributed by atoms with E-state index in [1.54, 1.807) is 17.0 Å². The normalized spacial score (nSPS) is 14.3. The summed E-state index contributed by atoms with van der Waals surface area (Å²) < 4.78 is 13.8. The Morgan fingerprint density at radius 3 is 1.83 bits per heavy atom. The van der Waals surface area contributed by atoms with Gasteiger partial charge in [-0.2, -0.15) is 0 Å². The smallest absolute Gasteiger partial charge is 0.243 e. The number of benzene rings is 4. The maximum absolute atomic E-state index is 14.5. The van der Waals surface area contributed by atoms with Crippen LogP contribution < -0.4 is 5.32 Å². The van der Waals surface area contributed by atoms with Crippen molar-refractivity contribution in [2.75, 3.05) is 0 Å². The predicted molar refractivity (Wildman–Crippen MR) is 165 cm³/mol. The number of hydrogen-bond donors (Lipinski definition) is 1. The van der Waals surface area contributed by atoms with E-state index in [1.807, 2.05) is 91.0 Å². The summed E-state index contributed by atoms with van der Waals surface area (Å²) in [6.45, 7) is 0.213. The Bertz CT molecular complexity index is 1370. The van der Waals surface area contributed by atoms with Gasteiger partial charge in [-0.25, -0.2) is 4.39 Å². The third kappa shape index (κ3) is 7.94. The molecule has 4 nitrogen and oxygen atoms in total. The first-order valence-electron chi connectivity index (χ1n) is 15.0. The van der Waals surface area contributed by atoms with Crippen molar-refractivity contribution in [1.82, 2.24) is 10.2 Å². The number of carbonyl (C=O) groups excluding carboxylic acids is 2. The molecular formula is C37H39FN2O2. The molecule has 1 fully saturated rings. The van der Waals surface area contributed by atoms with Crippen LogP contribution in [0.2, 0.25) is 0 Å². The monoisotopic (exact) mass is 562 g/mol. The average molecular weight is 563 g/mol. The molecule has 1 aliphatic rings. The molecule has 0 saturated heterocycles. The van der Waals surface area contributed by atoms with Gasteiger partial charge in [-0.05, 0) is 47.2 Å². The van der Waals surface area contributed by atoms with E-state index >= 15 is 0 Å². The van der Waals surface area contributed by atoms with Crippen LogP contribution in [-0.2, 0) is 22.6 Å². The van der Waals surface area contributed by atoms with Gasteiger partial charge in [0.15, 0.2) is 0 Å². The van der Waals surface area contributed by atoms with Crippen LogP contribution in [0.1, 0.15) is 66.7 Å². The molecule has 42 heavy (non-hydrogen) atoms. The number of halogens is 1. The van der Waals surface area contributed by atoms with Crippen molar-refractivity contribution in [1.29, 1.82) is 0 Å². The minimum atomic E-state index is -0.709. The fraction of sp³-hybridized carbons (Fsp3) is 0.297. The molecule has 4 aromatic carbocycles. The Hall–Kier alpha value is -4.25. The zero-order valence-corrected chi connectivity index (χ0v) is 24.0. The van der Waals surface area contributed by atoms with E-state index < -0.39 is 6.04 Å². The van der Waals surface area contributed by atoms with Crippen LogP contribution in [0.15, 0.2) is 115 Å². The molecule has 5 rings (SSSR count). The van der Waals surface area contributed by atoms with Crippen LogP contribution in [0.4, 0.5) is 4.39 Å². The lowest BCUT2D eigenvalue weighted by Crippen LogP contribution is -2.53. The van der Waals surface area contributed by atoms with E-state index in [2.05, 4.69) is 5.32 Å². The van der Waals surface area contributed by atoms with Gasteiger partial charge in [0.2, 0.25) is 11.8 Å². The molecule has 1 atom stereocenters. The molecule has 2 amide bonds. The zero-order chi connectivity index (χ0) is 29.1. The third-order valence-corrected chi connectivity index (χ3v) is 8.27.